The first-order chi connectivity index (χ1) is 10.6. The molecule has 0 aliphatic carbocycles. The number of nitrogens with zero attached hydrogens (tertiary/aromatic N) is 1. The smallest absolute Gasteiger partial charge is 0.147 e. The minimum Gasteiger partial charge on any atom is -0.507 e. The van der Waals surface area contributed by atoms with Gasteiger partial charge in [-0.15, -0.1) is 0 Å². The molecule has 4 N–H and O–H groups in total. The second-order valence-corrected chi connectivity index (χ2v) is 5.26. The second kappa shape index (κ2) is 7.11. The number of allylic oxidation sites excluding steroid dienone is 1. The number of halogens is 1. The van der Waals surface area contributed by atoms with Crippen LogP contribution in [0.4, 0.5) is 10.1 Å². The summed E-state index contributed by atoms with van der Waals surface area (Å²) in [5, 5.41) is 17.3. The molecule has 4 nitrogen and oxygen atoms in total. The number of aromatic amines is 1. The Morgan fingerprint density at radius 2 is 2.09 bits per heavy atom. The molecule has 0 atom stereocenters. The van der Waals surface area contributed by atoms with Gasteiger partial charge >= 0.3 is 0 Å². The van der Waals surface area contributed by atoms with Crippen LogP contribution in [-0.2, 0) is 6.42 Å². The Morgan fingerprint density at radius 3 is 2.77 bits per heavy atom. The van der Waals surface area contributed by atoms with Gasteiger partial charge in [-0.2, -0.15) is 5.10 Å². The first kappa shape index (κ1) is 16.1. The molecule has 0 saturated heterocycles. The Kier molecular flexibility index (Phi) is 5.20. The molecule has 2 aromatic rings. The number of hydrogen-bond donors (Lipinski definition) is 3. The number of anilines is 1. The third kappa shape index (κ3) is 3.13. The van der Waals surface area contributed by atoms with Gasteiger partial charge < -0.3 is 10.8 Å². The van der Waals surface area contributed by atoms with Gasteiger partial charge in [0.15, 0.2) is 0 Å². The number of phenols is 1. The molecule has 0 aliphatic heterocycles. The van der Waals surface area contributed by atoms with Gasteiger partial charge in [0.2, 0.25) is 0 Å². The molecule has 0 radical (unpaired) electrons. The zero-order valence-corrected chi connectivity index (χ0v) is 13.0. The van der Waals surface area contributed by atoms with Crippen LogP contribution in [0.3, 0.4) is 0 Å². The van der Waals surface area contributed by atoms with E-state index < -0.39 is 5.82 Å². The van der Waals surface area contributed by atoms with Crippen LogP contribution in [0.25, 0.3) is 17.3 Å². The number of benzene rings is 1. The second-order valence-electron chi connectivity index (χ2n) is 5.26. The highest BCUT2D eigenvalue weighted by atomic mass is 19.1. The molecular weight excluding hydrogens is 281 g/mol. The maximum Gasteiger partial charge on any atom is 0.147 e. The number of nitrogen functional groups attached to an aromatic ring is 1. The molecule has 1 heterocycles. The fourth-order valence-electron chi connectivity index (χ4n) is 2.40. The van der Waals surface area contributed by atoms with Crippen LogP contribution < -0.4 is 5.73 Å². The minimum absolute atomic E-state index is 0.0708. The van der Waals surface area contributed by atoms with Crippen molar-refractivity contribution in [1.82, 2.24) is 10.2 Å². The zero-order chi connectivity index (χ0) is 16.1. The van der Waals surface area contributed by atoms with Crippen LogP contribution in [0, 0.1) is 5.82 Å². The molecule has 5 heteroatoms. The van der Waals surface area contributed by atoms with E-state index in [1.807, 2.05) is 6.08 Å². The van der Waals surface area contributed by atoms with E-state index in [1.165, 1.54) is 6.07 Å². The van der Waals surface area contributed by atoms with Crippen molar-refractivity contribution in [2.45, 2.75) is 39.5 Å². The molecular formula is C17H22FN3O. The highest BCUT2D eigenvalue weighted by molar-refractivity contribution is 5.85. The van der Waals surface area contributed by atoms with Gasteiger partial charge in [-0.05, 0) is 25.0 Å². The van der Waals surface area contributed by atoms with E-state index in [2.05, 4.69) is 30.1 Å². The quantitative estimate of drug-likeness (QED) is 0.698. The number of nitrogens with one attached hydrogen (secondary N) is 1. The highest BCUT2D eigenvalue weighted by Crippen LogP contribution is 2.38. The van der Waals surface area contributed by atoms with Gasteiger partial charge in [0, 0.05) is 11.3 Å². The first-order valence-corrected chi connectivity index (χ1v) is 7.61. The van der Waals surface area contributed by atoms with Crippen molar-refractivity contribution in [3.8, 4) is 17.0 Å². The number of hydrogen-bond acceptors (Lipinski definition) is 3. The Bertz CT molecular complexity index is 677. The van der Waals surface area contributed by atoms with E-state index in [0.717, 1.165) is 43.0 Å². The van der Waals surface area contributed by atoms with Crippen molar-refractivity contribution in [3.63, 3.8) is 0 Å². The fraction of sp³-hybridized carbons (Fsp3) is 0.353. The summed E-state index contributed by atoms with van der Waals surface area (Å²) in [6.45, 7) is 4.18. The Hall–Kier alpha value is -2.30. The van der Waals surface area contributed by atoms with Crippen molar-refractivity contribution in [1.29, 1.82) is 0 Å². The van der Waals surface area contributed by atoms with Gasteiger partial charge in [0.1, 0.15) is 17.3 Å². The van der Waals surface area contributed by atoms with E-state index in [-0.39, 0.29) is 17.0 Å². The van der Waals surface area contributed by atoms with E-state index in [0.29, 0.717) is 5.69 Å². The van der Waals surface area contributed by atoms with Crippen LogP contribution in [0.1, 0.15) is 44.4 Å². The number of aromatic nitrogens is 2. The van der Waals surface area contributed by atoms with Crippen LogP contribution in [-0.4, -0.2) is 15.3 Å². The van der Waals surface area contributed by atoms with Crippen molar-refractivity contribution >= 4 is 11.8 Å². The summed E-state index contributed by atoms with van der Waals surface area (Å²) < 4.78 is 13.7. The van der Waals surface area contributed by atoms with E-state index in [1.54, 1.807) is 0 Å². The maximum absolute atomic E-state index is 13.7. The van der Waals surface area contributed by atoms with Crippen molar-refractivity contribution in [2.75, 3.05) is 5.73 Å². The molecule has 0 spiro atoms. The number of phenolic OH excluding ortho intramolecular Hbond substituents is 1. The van der Waals surface area contributed by atoms with Crippen LogP contribution in [0.2, 0.25) is 0 Å². The van der Waals surface area contributed by atoms with Crippen LogP contribution in [0.15, 0.2) is 18.2 Å². The van der Waals surface area contributed by atoms with Crippen molar-refractivity contribution in [3.05, 3.63) is 35.3 Å². The largest absolute Gasteiger partial charge is 0.507 e. The summed E-state index contributed by atoms with van der Waals surface area (Å²) in [6.07, 6.45) is 7.80. The third-order valence-corrected chi connectivity index (χ3v) is 3.53. The standard InChI is InChI=1S/C17H22FN3O/c1-3-5-6-8-11-13(7-4-2)20-21-17(11)15-14(22)10-9-12(18)16(15)19/h6,8-10,22H,3-5,7,19H2,1-2H3,(H,20,21)/b8-6-. The first-order valence-electron chi connectivity index (χ1n) is 7.61. The Labute approximate surface area is 129 Å². The van der Waals surface area contributed by atoms with E-state index in [9.17, 15) is 9.50 Å². The fourth-order valence-corrected chi connectivity index (χ4v) is 2.40. The number of H-pyrrole nitrogens is 1. The topological polar surface area (TPSA) is 74.9 Å². The summed E-state index contributed by atoms with van der Waals surface area (Å²) >= 11 is 0. The lowest BCUT2D eigenvalue weighted by Crippen LogP contribution is -1.96. The molecule has 0 amide bonds. The minimum atomic E-state index is -0.559. The number of aromatic hydroxyl groups is 1. The number of rotatable bonds is 6. The molecule has 118 valence electrons. The number of aryl methyl sites for hydroxylation is 1. The maximum atomic E-state index is 13.7. The van der Waals surface area contributed by atoms with Gasteiger partial charge in [-0.1, -0.05) is 38.8 Å². The summed E-state index contributed by atoms with van der Waals surface area (Å²) in [6, 6.07) is 2.45. The van der Waals surface area contributed by atoms with Crippen LogP contribution >= 0.6 is 0 Å². The molecule has 22 heavy (non-hydrogen) atoms. The number of nitrogens with two attached hydrogens (primary N) is 1. The number of unbranched alkanes of at least 4 members (excludes halogenated alkanes) is 1. The predicted molar refractivity (Wildman–Crippen MR) is 88.0 cm³/mol. The SMILES string of the molecule is CCC/C=C\c1c(-c2c(O)ccc(F)c2N)n[nH]c1CCC. The molecule has 0 saturated carbocycles. The molecule has 0 fully saturated rings. The summed E-state index contributed by atoms with van der Waals surface area (Å²) in [7, 11) is 0. The molecule has 0 aliphatic rings. The van der Waals surface area contributed by atoms with E-state index in [4.69, 9.17) is 5.73 Å². The molecule has 0 unspecified atom stereocenters. The van der Waals surface area contributed by atoms with Gasteiger partial charge in [-0.25, -0.2) is 4.39 Å². The lowest BCUT2D eigenvalue weighted by molar-refractivity contribution is 0.475. The molecule has 1 aromatic heterocycles. The summed E-state index contributed by atoms with van der Waals surface area (Å²) in [5.41, 5.74) is 8.29. The molecule has 2 rings (SSSR count). The Balaban J connectivity index is 2.58. The summed E-state index contributed by atoms with van der Waals surface area (Å²) in [4.78, 5) is 0. The van der Waals surface area contributed by atoms with Gasteiger partial charge in [0.05, 0.1) is 11.3 Å². The predicted octanol–water partition coefficient (Wildman–Crippen LogP) is 4.27. The monoisotopic (exact) mass is 303 g/mol. The van der Waals surface area contributed by atoms with Gasteiger partial charge in [-0.3, -0.25) is 5.10 Å². The van der Waals surface area contributed by atoms with Crippen molar-refractivity contribution < 1.29 is 9.50 Å². The van der Waals surface area contributed by atoms with Crippen molar-refractivity contribution in [2.24, 2.45) is 0 Å². The molecule has 1 aromatic carbocycles. The normalized spacial score (nSPS) is 11.4. The lowest BCUT2D eigenvalue weighted by atomic mass is 10.0. The molecule has 0 bridgehead atoms. The van der Waals surface area contributed by atoms with Gasteiger partial charge in [0.25, 0.3) is 0 Å². The Morgan fingerprint density at radius 1 is 1.32 bits per heavy atom. The average molecular weight is 303 g/mol. The van der Waals surface area contributed by atoms with Crippen LogP contribution in [0.5, 0.6) is 5.75 Å². The third-order valence-electron chi connectivity index (χ3n) is 3.53. The lowest BCUT2D eigenvalue weighted by Gasteiger charge is -2.08. The zero-order valence-electron chi connectivity index (χ0n) is 13.0. The highest BCUT2D eigenvalue weighted by Gasteiger charge is 2.19. The summed E-state index contributed by atoms with van der Waals surface area (Å²) in [5.74, 6) is -0.630. The average Bonchev–Trinajstić information content (AvgIpc) is 2.87. The van der Waals surface area contributed by atoms with E-state index >= 15 is 0 Å².